The Balaban J connectivity index is 1.48. The van der Waals surface area contributed by atoms with Gasteiger partial charge in [-0.1, -0.05) is 18.2 Å². The third-order valence-electron chi connectivity index (χ3n) is 4.10. The van der Waals surface area contributed by atoms with Crippen molar-refractivity contribution in [1.29, 1.82) is 0 Å². The molecule has 1 aromatic carbocycles. The van der Waals surface area contributed by atoms with Gasteiger partial charge in [-0.25, -0.2) is 0 Å². The topological polar surface area (TPSA) is 63.0 Å². The molecule has 0 aliphatic carbocycles. The third-order valence-corrected chi connectivity index (χ3v) is 4.10. The first-order valence-corrected chi connectivity index (χ1v) is 7.94. The van der Waals surface area contributed by atoms with Crippen molar-refractivity contribution in [2.45, 2.75) is 6.92 Å². The molecule has 0 saturated carbocycles. The standard InChI is InChI=1S/C18H20N2O4/c1-14-5-2-3-6-15(14)24-13-17(21)19-8-10-20(11-9-19)18(22)16-7-4-12-23-16/h2-7,12H,8-11,13H2,1H3. The van der Waals surface area contributed by atoms with Gasteiger partial charge in [0.2, 0.25) is 0 Å². The van der Waals surface area contributed by atoms with E-state index in [1.165, 1.54) is 6.26 Å². The van der Waals surface area contributed by atoms with Crippen LogP contribution in [0.1, 0.15) is 16.1 Å². The van der Waals surface area contributed by atoms with E-state index < -0.39 is 0 Å². The normalized spacial score (nSPS) is 14.5. The largest absolute Gasteiger partial charge is 0.484 e. The smallest absolute Gasteiger partial charge is 0.289 e. The minimum Gasteiger partial charge on any atom is -0.484 e. The number of amides is 2. The lowest BCUT2D eigenvalue weighted by molar-refractivity contribution is -0.134. The molecule has 3 rings (SSSR count). The van der Waals surface area contributed by atoms with Gasteiger partial charge in [0.05, 0.1) is 6.26 Å². The van der Waals surface area contributed by atoms with Gasteiger partial charge in [-0.05, 0) is 30.7 Å². The summed E-state index contributed by atoms with van der Waals surface area (Å²) < 4.78 is 10.7. The Kier molecular flexibility index (Phi) is 4.84. The minimum atomic E-state index is -0.136. The third kappa shape index (κ3) is 3.59. The van der Waals surface area contributed by atoms with E-state index in [0.717, 1.165) is 11.3 Å². The van der Waals surface area contributed by atoms with Crippen LogP contribution >= 0.6 is 0 Å². The van der Waals surface area contributed by atoms with Gasteiger partial charge in [0.15, 0.2) is 12.4 Å². The summed E-state index contributed by atoms with van der Waals surface area (Å²) in [6.07, 6.45) is 1.48. The molecule has 1 aliphatic rings. The van der Waals surface area contributed by atoms with Crippen LogP contribution in [-0.4, -0.2) is 54.4 Å². The fraction of sp³-hybridized carbons (Fsp3) is 0.333. The van der Waals surface area contributed by atoms with E-state index in [1.54, 1.807) is 21.9 Å². The quantitative estimate of drug-likeness (QED) is 0.860. The molecular weight excluding hydrogens is 308 g/mol. The maximum atomic E-state index is 12.3. The zero-order valence-electron chi connectivity index (χ0n) is 13.6. The fourth-order valence-electron chi connectivity index (χ4n) is 2.66. The van der Waals surface area contributed by atoms with E-state index in [4.69, 9.17) is 9.15 Å². The van der Waals surface area contributed by atoms with Crippen LogP contribution in [0.15, 0.2) is 47.1 Å². The molecule has 2 heterocycles. The van der Waals surface area contributed by atoms with E-state index in [1.807, 2.05) is 31.2 Å². The van der Waals surface area contributed by atoms with Crippen molar-refractivity contribution < 1.29 is 18.7 Å². The highest BCUT2D eigenvalue weighted by molar-refractivity contribution is 5.91. The Morgan fingerprint density at radius 2 is 1.75 bits per heavy atom. The zero-order chi connectivity index (χ0) is 16.9. The molecule has 6 heteroatoms. The first-order valence-electron chi connectivity index (χ1n) is 7.94. The molecule has 1 aliphatic heterocycles. The van der Waals surface area contributed by atoms with E-state index >= 15 is 0 Å². The highest BCUT2D eigenvalue weighted by Crippen LogP contribution is 2.16. The highest BCUT2D eigenvalue weighted by atomic mass is 16.5. The maximum absolute atomic E-state index is 12.3. The Labute approximate surface area is 140 Å². The summed E-state index contributed by atoms with van der Waals surface area (Å²) in [7, 11) is 0. The summed E-state index contributed by atoms with van der Waals surface area (Å²) in [6.45, 7) is 3.95. The molecule has 2 amide bonds. The molecule has 0 unspecified atom stereocenters. The molecule has 126 valence electrons. The summed E-state index contributed by atoms with van der Waals surface area (Å²) in [5, 5.41) is 0. The summed E-state index contributed by atoms with van der Waals surface area (Å²) in [5.41, 5.74) is 0.999. The van der Waals surface area contributed by atoms with Gasteiger partial charge in [-0.3, -0.25) is 9.59 Å². The molecule has 6 nitrogen and oxygen atoms in total. The van der Waals surface area contributed by atoms with Crippen LogP contribution in [0.4, 0.5) is 0 Å². The molecule has 1 fully saturated rings. The second-order valence-electron chi connectivity index (χ2n) is 5.70. The van der Waals surface area contributed by atoms with E-state index in [9.17, 15) is 9.59 Å². The molecule has 24 heavy (non-hydrogen) atoms. The zero-order valence-corrected chi connectivity index (χ0v) is 13.6. The van der Waals surface area contributed by atoms with Gasteiger partial charge in [-0.15, -0.1) is 0 Å². The molecule has 0 spiro atoms. The molecule has 0 bridgehead atoms. The van der Waals surface area contributed by atoms with Crippen molar-refractivity contribution in [1.82, 2.24) is 9.80 Å². The van der Waals surface area contributed by atoms with Crippen molar-refractivity contribution >= 4 is 11.8 Å². The Bertz CT molecular complexity index is 704. The lowest BCUT2D eigenvalue weighted by Gasteiger charge is -2.34. The van der Waals surface area contributed by atoms with Crippen LogP contribution in [0.3, 0.4) is 0 Å². The van der Waals surface area contributed by atoms with E-state index in [0.29, 0.717) is 31.9 Å². The van der Waals surface area contributed by atoms with Gasteiger partial charge >= 0.3 is 0 Å². The number of aryl methyl sites for hydroxylation is 1. The Hall–Kier alpha value is -2.76. The Morgan fingerprint density at radius 3 is 2.42 bits per heavy atom. The van der Waals surface area contributed by atoms with Gasteiger partial charge in [0.1, 0.15) is 5.75 Å². The average Bonchev–Trinajstić information content (AvgIpc) is 3.15. The number of carbonyl (C=O) groups excluding carboxylic acids is 2. The van der Waals surface area contributed by atoms with E-state index in [-0.39, 0.29) is 18.4 Å². The van der Waals surface area contributed by atoms with Crippen LogP contribution in [0.5, 0.6) is 5.75 Å². The predicted octanol–water partition coefficient (Wildman–Crippen LogP) is 1.95. The van der Waals surface area contributed by atoms with Gasteiger partial charge in [0, 0.05) is 26.2 Å². The number of ether oxygens (including phenoxy) is 1. The number of rotatable bonds is 4. The van der Waals surface area contributed by atoms with Crippen LogP contribution in [0, 0.1) is 6.92 Å². The SMILES string of the molecule is Cc1ccccc1OCC(=O)N1CCN(C(=O)c2ccco2)CC1. The Morgan fingerprint density at radius 1 is 1.04 bits per heavy atom. The van der Waals surface area contributed by atoms with Gasteiger partial charge in [-0.2, -0.15) is 0 Å². The fourth-order valence-corrected chi connectivity index (χ4v) is 2.66. The summed E-state index contributed by atoms with van der Waals surface area (Å²) in [6, 6.07) is 10.9. The lowest BCUT2D eigenvalue weighted by atomic mass is 10.2. The molecular formula is C18H20N2O4. The molecule has 0 atom stereocenters. The number of hydrogen-bond acceptors (Lipinski definition) is 4. The van der Waals surface area contributed by atoms with Gasteiger partial charge in [0.25, 0.3) is 11.8 Å². The monoisotopic (exact) mass is 328 g/mol. The number of para-hydroxylation sites is 1. The first kappa shape index (κ1) is 16.1. The first-order chi connectivity index (χ1) is 11.6. The van der Waals surface area contributed by atoms with Crippen molar-refractivity contribution in [3.63, 3.8) is 0 Å². The van der Waals surface area contributed by atoms with Crippen molar-refractivity contribution in [3.8, 4) is 5.75 Å². The number of nitrogens with zero attached hydrogens (tertiary/aromatic N) is 2. The molecule has 0 radical (unpaired) electrons. The predicted molar refractivity (Wildman–Crippen MR) is 87.9 cm³/mol. The van der Waals surface area contributed by atoms with Crippen molar-refractivity contribution in [2.75, 3.05) is 32.8 Å². The lowest BCUT2D eigenvalue weighted by Crippen LogP contribution is -2.51. The molecule has 0 N–H and O–H groups in total. The van der Waals surface area contributed by atoms with Crippen molar-refractivity contribution in [3.05, 3.63) is 54.0 Å². The summed E-state index contributed by atoms with van der Waals surface area (Å²) >= 11 is 0. The van der Waals surface area contributed by atoms with Crippen LogP contribution in [0.25, 0.3) is 0 Å². The number of furan rings is 1. The molecule has 1 aromatic heterocycles. The van der Waals surface area contributed by atoms with Crippen LogP contribution in [-0.2, 0) is 4.79 Å². The molecule has 2 aromatic rings. The molecule has 1 saturated heterocycles. The second kappa shape index (κ2) is 7.21. The number of piperazine rings is 1. The van der Waals surface area contributed by atoms with Crippen molar-refractivity contribution in [2.24, 2.45) is 0 Å². The number of hydrogen-bond donors (Lipinski definition) is 0. The number of benzene rings is 1. The van der Waals surface area contributed by atoms with Crippen LogP contribution in [0.2, 0.25) is 0 Å². The van der Waals surface area contributed by atoms with E-state index in [2.05, 4.69) is 0 Å². The minimum absolute atomic E-state index is 0.0109. The summed E-state index contributed by atoms with van der Waals surface area (Å²) in [5.74, 6) is 0.849. The average molecular weight is 328 g/mol. The van der Waals surface area contributed by atoms with Gasteiger partial charge < -0.3 is 19.0 Å². The summed E-state index contributed by atoms with van der Waals surface area (Å²) in [4.78, 5) is 27.9. The maximum Gasteiger partial charge on any atom is 0.289 e. The number of carbonyl (C=O) groups is 2. The highest BCUT2D eigenvalue weighted by Gasteiger charge is 2.26. The second-order valence-corrected chi connectivity index (χ2v) is 5.70. The van der Waals surface area contributed by atoms with Crippen LogP contribution < -0.4 is 4.74 Å².